The van der Waals surface area contributed by atoms with Gasteiger partial charge in [-0.1, -0.05) is 53.2 Å². The highest BCUT2D eigenvalue weighted by molar-refractivity contribution is 6.30. The van der Waals surface area contributed by atoms with Crippen molar-refractivity contribution in [1.29, 1.82) is 0 Å². The van der Waals surface area contributed by atoms with Crippen molar-refractivity contribution in [3.63, 3.8) is 0 Å². The van der Waals surface area contributed by atoms with Gasteiger partial charge in [0.1, 0.15) is 12.1 Å². The molecule has 2 heterocycles. The molecule has 0 fully saturated rings. The topological polar surface area (TPSA) is 63.9 Å². The maximum absolute atomic E-state index is 13.6. The number of anilines is 1. The average Bonchev–Trinajstić information content (AvgIpc) is 3.25. The molecule has 6 nitrogen and oxygen atoms in total. The molecule has 0 aliphatic heterocycles. The van der Waals surface area contributed by atoms with E-state index in [-0.39, 0.29) is 12.5 Å². The molecule has 0 saturated carbocycles. The zero-order valence-electron chi connectivity index (χ0n) is 18.6. The van der Waals surface area contributed by atoms with Gasteiger partial charge in [0, 0.05) is 23.1 Å². The Morgan fingerprint density at radius 1 is 0.971 bits per heavy atom. The summed E-state index contributed by atoms with van der Waals surface area (Å²) in [5.74, 6) is -0.0950. The van der Waals surface area contributed by atoms with Crippen molar-refractivity contribution in [3.8, 4) is 11.1 Å². The lowest BCUT2D eigenvalue weighted by Crippen LogP contribution is -2.33. The summed E-state index contributed by atoms with van der Waals surface area (Å²) in [6.07, 6.45) is 3.57. The number of carbonyl (C=O) groups excluding carboxylic acids is 1. The summed E-state index contributed by atoms with van der Waals surface area (Å²) < 4.78 is 1.64. The zero-order chi connectivity index (χ0) is 23.5. The number of hydrogen-bond acceptors (Lipinski definition) is 4. The average molecular weight is 468 g/mol. The van der Waals surface area contributed by atoms with Crippen LogP contribution in [0.5, 0.6) is 0 Å². The number of nitrogens with zero attached hydrogens (tertiary/aromatic N) is 5. The minimum atomic E-state index is -0.0950. The monoisotopic (exact) mass is 467 g/mol. The largest absolute Gasteiger partial charge is 0.306 e. The van der Waals surface area contributed by atoms with Crippen LogP contribution in [-0.2, 0) is 17.9 Å². The molecule has 0 bridgehead atoms. The van der Waals surface area contributed by atoms with Gasteiger partial charge in [-0.3, -0.25) is 9.78 Å². The summed E-state index contributed by atoms with van der Waals surface area (Å²) in [7, 11) is 0. The lowest BCUT2D eigenvalue weighted by molar-refractivity contribution is -0.119. The van der Waals surface area contributed by atoms with Crippen molar-refractivity contribution in [2.24, 2.45) is 0 Å². The van der Waals surface area contributed by atoms with Gasteiger partial charge in [0.15, 0.2) is 0 Å². The minimum Gasteiger partial charge on any atom is -0.306 e. The molecule has 0 aliphatic carbocycles. The highest BCUT2D eigenvalue weighted by Gasteiger charge is 2.19. The fourth-order valence-electron chi connectivity index (χ4n) is 4.02. The first-order chi connectivity index (χ1) is 16.6. The standard InChI is InChI=1S/C27H22ClN5O/c1-19-13-20(15-23(28)14-19)17-32(24-10-8-21(9-11-24)22-5-4-12-29-16-22)27(34)18-33-26-7-3-2-6-25(26)30-31-33/h2-16H,17-18H2,1H3. The number of amides is 1. The van der Waals surface area contributed by atoms with Gasteiger partial charge in [-0.25, -0.2) is 4.68 Å². The molecule has 0 unspecified atom stereocenters. The van der Waals surface area contributed by atoms with Crippen LogP contribution in [0.3, 0.4) is 0 Å². The van der Waals surface area contributed by atoms with E-state index in [0.29, 0.717) is 11.6 Å². The third kappa shape index (κ3) is 4.67. The number of pyridine rings is 1. The second-order valence-electron chi connectivity index (χ2n) is 8.14. The van der Waals surface area contributed by atoms with Crippen molar-refractivity contribution in [2.45, 2.75) is 20.0 Å². The number of benzene rings is 3. The summed E-state index contributed by atoms with van der Waals surface area (Å²) in [6.45, 7) is 2.45. The van der Waals surface area contributed by atoms with Gasteiger partial charge in [-0.05, 0) is 71.6 Å². The molecule has 7 heteroatoms. The summed E-state index contributed by atoms with van der Waals surface area (Å²) >= 11 is 6.30. The number of halogens is 1. The highest BCUT2D eigenvalue weighted by atomic mass is 35.5. The number of rotatable bonds is 6. The van der Waals surface area contributed by atoms with Crippen LogP contribution in [0.2, 0.25) is 5.02 Å². The van der Waals surface area contributed by atoms with Gasteiger partial charge in [-0.2, -0.15) is 0 Å². The number of hydrogen-bond donors (Lipinski definition) is 0. The first-order valence-electron chi connectivity index (χ1n) is 10.9. The van der Waals surface area contributed by atoms with Crippen LogP contribution in [0.15, 0.2) is 91.3 Å². The molecule has 0 radical (unpaired) electrons. The Balaban J connectivity index is 1.48. The van der Waals surface area contributed by atoms with Crippen molar-refractivity contribution in [1.82, 2.24) is 20.0 Å². The molecule has 5 aromatic rings. The molecule has 0 aliphatic rings. The highest BCUT2D eigenvalue weighted by Crippen LogP contribution is 2.25. The van der Waals surface area contributed by atoms with Crippen molar-refractivity contribution in [2.75, 3.05) is 4.90 Å². The van der Waals surface area contributed by atoms with Gasteiger partial charge in [-0.15, -0.1) is 5.10 Å². The van der Waals surface area contributed by atoms with E-state index in [4.69, 9.17) is 11.6 Å². The van der Waals surface area contributed by atoms with Crippen LogP contribution in [0.4, 0.5) is 5.69 Å². The van der Waals surface area contributed by atoms with E-state index in [1.54, 1.807) is 15.8 Å². The molecule has 0 saturated heterocycles. The van der Waals surface area contributed by atoms with E-state index in [9.17, 15) is 4.79 Å². The zero-order valence-corrected chi connectivity index (χ0v) is 19.4. The van der Waals surface area contributed by atoms with Gasteiger partial charge in [0.2, 0.25) is 5.91 Å². The Morgan fingerprint density at radius 2 is 1.79 bits per heavy atom. The van der Waals surface area contributed by atoms with E-state index in [1.807, 2.05) is 92.0 Å². The number of aryl methyl sites for hydroxylation is 1. The Hall–Kier alpha value is -4.03. The SMILES string of the molecule is Cc1cc(Cl)cc(CN(C(=O)Cn2nnc3ccccc32)c2ccc(-c3cccnc3)cc2)c1. The van der Waals surface area contributed by atoms with Crippen molar-refractivity contribution < 1.29 is 4.79 Å². The van der Waals surface area contributed by atoms with Crippen molar-refractivity contribution >= 4 is 34.2 Å². The maximum atomic E-state index is 13.6. The molecule has 0 atom stereocenters. The molecular weight excluding hydrogens is 446 g/mol. The fraction of sp³-hybridized carbons (Fsp3) is 0.111. The second-order valence-corrected chi connectivity index (χ2v) is 8.58. The third-order valence-corrected chi connectivity index (χ3v) is 5.84. The third-order valence-electron chi connectivity index (χ3n) is 5.62. The van der Waals surface area contributed by atoms with E-state index in [0.717, 1.165) is 39.0 Å². The molecule has 3 aromatic carbocycles. The van der Waals surface area contributed by atoms with Gasteiger partial charge in [0.05, 0.1) is 12.1 Å². The van der Waals surface area contributed by atoms with E-state index in [1.165, 1.54) is 0 Å². The minimum absolute atomic E-state index is 0.0738. The molecule has 2 aromatic heterocycles. The van der Waals surface area contributed by atoms with E-state index < -0.39 is 0 Å². The molecule has 1 amide bonds. The van der Waals surface area contributed by atoms with Crippen LogP contribution in [0.25, 0.3) is 22.2 Å². The number of fused-ring (bicyclic) bond motifs is 1. The van der Waals surface area contributed by atoms with Gasteiger partial charge >= 0.3 is 0 Å². The molecular formula is C27H22ClN5O. The Kier molecular flexibility index (Phi) is 6.06. The quantitative estimate of drug-likeness (QED) is 0.322. The van der Waals surface area contributed by atoms with Crippen LogP contribution in [-0.4, -0.2) is 25.9 Å². The molecule has 0 N–H and O–H groups in total. The molecule has 168 valence electrons. The molecule has 34 heavy (non-hydrogen) atoms. The maximum Gasteiger partial charge on any atom is 0.249 e. The molecule has 5 rings (SSSR count). The number of carbonyl (C=O) groups is 1. The van der Waals surface area contributed by atoms with Crippen LogP contribution in [0, 0.1) is 6.92 Å². The first kappa shape index (κ1) is 21.8. The first-order valence-corrected chi connectivity index (χ1v) is 11.3. The summed E-state index contributed by atoms with van der Waals surface area (Å²) in [6, 6.07) is 25.3. The Morgan fingerprint density at radius 3 is 2.56 bits per heavy atom. The van der Waals surface area contributed by atoms with Crippen LogP contribution >= 0.6 is 11.6 Å². The Labute approximate surface area is 202 Å². The predicted molar refractivity (Wildman–Crippen MR) is 135 cm³/mol. The normalized spacial score (nSPS) is 11.0. The lowest BCUT2D eigenvalue weighted by Gasteiger charge is -2.24. The second kappa shape index (κ2) is 9.45. The van der Waals surface area contributed by atoms with Crippen LogP contribution in [0.1, 0.15) is 11.1 Å². The van der Waals surface area contributed by atoms with E-state index in [2.05, 4.69) is 15.3 Å². The lowest BCUT2D eigenvalue weighted by atomic mass is 10.1. The summed E-state index contributed by atoms with van der Waals surface area (Å²) in [5, 5.41) is 9.02. The number of aromatic nitrogens is 4. The number of para-hydroxylation sites is 1. The molecule has 0 spiro atoms. The van der Waals surface area contributed by atoms with E-state index >= 15 is 0 Å². The Bertz CT molecular complexity index is 1430. The van der Waals surface area contributed by atoms with Crippen molar-refractivity contribution in [3.05, 3.63) is 107 Å². The predicted octanol–water partition coefficient (Wildman–Crippen LogP) is 5.69. The summed E-state index contributed by atoms with van der Waals surface area (Å²) in [5.41, 5.74) is 6.42. The van der Waals surface area contributed by atoms with Gasteiger partial charge in [0.25, 0.3) is 0 Å². The summed E-state index contributed by atoms with van der Waals surface area (Å²) in [4.78, 5) is 19.5. The smallest absolute Gasteiger partial charge is 0.249 e. The fourth-order valence-corrected chi connectivity index (χ4v) is 4.34. The van der Waals surface area contributed by atoms with Gasteiger partial charge < -0.3 is 4.90 Å². The van der Waals surface area contributed by atoms with Crippen LogP contribution < -0.4 is 4.90 Å².